The summed E-state index contributed by atoms with van der Waals surface area (Å²) < 4.78 is 28.0. The highest BCUT2D eigenvalue weighted by Crippen LogP contribution is 2.27. The zero-order valence-electron chi connectivity index (χ0n) is 13.4. The van der Waals surface area contributed by atoms with Crippen LogP contribution in [0.5, 0.6) is 0 Å². The maximum atomic E-state index is 12.5. The van der Waals surface area contributed by atoms with Gasteiger partial charge in [-0.3, -0.25) is 4.79 Å². The van der Waals surface area contributed by atoms with Gasteiger partial charge in [-0.25, -0.2) is 0 Å². The summed E-state index contributed by atoms with van der Waals surface area (Å²) in [4.78, 5) is 16.3. The number of hydrogen-bond acceptors (Lipinski definition) is 4. The summed E-state index contributed by atoms with van der Waals surface area (Å²) in [5, 5.41) is 0. The maximum Gasteiger partial charge on any atom is 0.285 e. The van der Waals surface area contributed by atoms with Crippen molar-refractivity contribution in [3.63, 3.8) is 0 Å². The Labute approximate surface area is 136 Å². The van der Waals surface area contributed by atoms with Gasteiger partial charge in [-0.05, 0) is 38.3 Å². The summed E-state index contributed by atoms with van der Waals surface area (Å²) in [6, 6.07) is 6.96. The normalized spacial score (nSPS) is 22.4. The summed E-state index contributed by atoms with van der Waals surface area (Å²) in [6.07, 6.45) is 3.20. The molecule has 2 heterocycles. The zero-order chi connectivity index (χ0) is 16.6. The molecule has 7 heteroatoms. The minimum atomic E-state index is -3.65. The van der Waals surface area contributed by atoms with Gasteiger partial charge in [0.2, 0.25) is 5.91 Å². The zero-order valence-corrected chi connectivity index (χ0v) is 14.2. The van der Waals surface area contributed by atoms with Crippen LogP contribution in [-0.2, 0) is 14.8 Å². The number of benzene rings is 1. The molecule has 2 aliphatic rings. The topological polar surface area (TPSA) is 70.1 Å². The molecule has 1 fully saturated rings. The number of likely N-dealkylation sites (N-methyl/N-ethyl adjacent to an activating group) is 1. The molecule has 1 saturated heterocycles. The summed E-state index contributed by atoms with van der Waals surface area (Å²) in [5.41, 5.74) is 0.564. The van der Waals surface area contributed by atoms with Crippen molar-refractivity contribution in [1.29, 1.82) is 0 Å². The average Bonchev–Trinajstić information content (AvgIpc) is 2.80. The lowest BCUT2D eigenvalue weighted by molar-refractivity contribution is -0.134. The molecule has 0 aromatic heterocycles. The van der Waals surface area contributed by atoms with Crippen LogP contribution in [0.3, 0.4) is 0 Å². The van der Waals surface area contributed by atoms with Gasteiger partial charge in [-0.2, -0.15) is 8.42 Å². The first-order chi connectivity index (χ1) is 10.9. The molecule has 0 radical (unpaired) electrons. The Balaban J connectivity index is 1.79. The predicted octanol–water partition coefficient (Wildman–Crippen LogP) is 1.47. The smallest absolute Gasteiger partial charge is 0.285 e. The summed E-state index contributed by atoms with van der Waals surface area (Å²) in [7, 11) is -1.94. The number of carbonyl (C=O) groups excluding carboxylic acids is 1. The van der Waals surface area contributed by atoms with Crippen molar-refractivity contribution < 1.29 is 13.2 Å². The van der Waals surface area contributed by atoms with Gasteiger partial charge in [-0.15, -0.1) is 4.40 Å². The Bertz CT molecular complexity index is 758. The summed E-state index contributed by atoms with van der Waals surface area (Å²) >= 11 is 0. The molecule has 0 aliphatic carbocycles. The number of sulfonamides is 1. The van der Waals surface area contributed by atoms with E-state index in [1.807, 2.05) is 4.90 Å². The minimum Gasteiger partial charge on any atom is -0.349 e. The average molecular weight is 335 g/mol. The van der Waals surface area contributed by atoms with Gasteiger partial charge in [0.05, 0.1) is 6.54 Å². The van der Waals surface area contributed by atoms with E-state index in [9.17, 15) is 13.2 Å². The maximum absolute atomic E-state index is 12.5. The third kappa shape index (κ3) is 2.97. The van der Waals surface area contributed by atoms with Gasteiger partial charge in [0.1, 0.15) is 4.90 Å². The minimum absolute atomic E-state index is 0.0178. The molecule has 2 aliphatic heterocycles. The monoisotopic (exact) mass is 335 g/mol. The van der Waals surface area contributed by atoms with Crippen LogP contribution in [0.1, 0.15) is 31.7 Å². The standard InChI is InChI=1S/C16H21N3O3S/c1-12-7-5-6-10-19(12)15(20)11-18(2)16-13-8-3-4-9-14(13)23(21,22)17-16/h3-4,8-9,12H,5-7,10-11H2,1-2H3/t12-/m1/s1. The van der Waals surface area contributed by atoms with Gasteiger partial charge >= 0.3 is 0 Å². The molecule has 6 nitrogen and oxygen atoms in total. The van der Waals surface area contributed by atoms with Crippen molar-refractivity contribution in [1.82, 2.24) is 9.80 Å². The summed E-state index contributed by atoms with van der Waals surface area (Å²) in [6.45, 7) is 2.96. The fraction of sp³-hybridized carbons (Fsp3) is 0.500. The van der Waals surface area contributed by atoms with Crippen LogP contribution in [0.25, 0.3) is 0 Å². The number of carbonyl (C=O) groups is 1. The molecule has 1 aromatic rings. The quantitative estimate of drug-likeness (QED) is 0.820. The first-order valence-corrected chi connectivity index (χ1v) is 9.29. The SMILES string of the molecule is C[C@@H]1CCCCN1C(=O)CN(C)C1=NS(=O)(=O)c2ccccc21. The molecule has 1 atom stereocenters. The van der Waals surface area contributed by atoms with Crippen LogP contribution in [-0.4, -0.2) is 56.1 Å². The van der Waals surface area contributed by atoms with E-state index in [0.29, 0.717) is 11.4 Å². The van der Waals surface area contributed by atoms with Crippen molar-refractivity contribution >= 4 is 21.8 Å². The van der Waals surface area contributed by atoms with Crippen LogP contribution in [0.4, 0.5) is 0 Å². The van der Waals surface area contributed by atoms with E-state index < -0.39 is 10.0 Å². The van der Waals surface area contributed by atoms with Gasteiger partial charge in [0.15, 0.2) is 5.84 Å². The number of hydrogen-bond donors (Lipinski definition) is 0. The number of piperidine rings is 1. The molecular weight excluding hydrogens is 314 g/mol. The molecule has 0 bridgehead atoms. The highest BCUT2D eigenvalue weighted by molar-refractivity contribution is 7.90. The lowest BCUT2D eigenvalue weighted by atomic mass is 10.0. The van der Waals surface area contributed by atoms with E-state index in [1.165, 1.54) is 0 Å². The highest BCUT2D eigenvalue weighted by atomic mass is 32.2. The number of nitrogens with zero attached hydrogens (tertiary/aromatic N) is 3. The first kappa shape index (κ1) is 16.0. The van der Waals surface area contributed by atoms with E-state index in [4.69, 9.17) is 0 Å². The fourth-order valence-electron chi connectivity index (χ4n) is 3.20. The second kappa shape index (κ2) is 5.96. The number of likely N-dealkylation sites (tertiary alicyclic amines) is 1. The van der Waals surface area contributed by atoms with E-state index in [2.05, 4.69) is 11.3 Å². The molecule has 0 saturated carbocycles. The van der Waals surface area contributed by atoms with E-state index in [0.717, 1.165) is 25.8 Å². The molecular formula is C16H21N3O3S. The third-order valence-corrected chi connectivity index (χ3v) is 5.79. The van der Waals surface area contributed by atoms with Crippen LogP contribution in [0.2, 0.25) is 0 Å². The Hall–Kier alpha value is -1.89. The van der Waals surface area contributed by atoms with E-state index >= 15 is 0 Å². The number of fused-ring (bicyclic) bond motifs is 1. The lowest BCUT2D eigenvalue weighted by Crippen LogP contribution is -2.47. The van der Waals surface area contributed by atoms with Crippen molar-refractivity contribution in [2.75, 3.05) is 20.1 Å². The molecule has 0 N–H and O–H groups in total. The van der Waals surface area contributed by atoms with Crippen molar-refractivity contribution in [2.45, 2.75) is 37.1 Å². The van der Waals surface area contributed by atoms with Gasteiger partial charge in [-0.1, -0.05) is 12.1 Å². The van der Waals surface area contributed by atoms with Crippen LogP contribution in [0, 0.1) is 0 Å². The Kier molecular flexibility index (Phi) is 4.14. The van der Waals surface area contributed by atoms with E-state index in [-0.39, 0.29) is 23.4 Å². The second-order valence-electron chi connectivity index (χ2n) is 6.17. The number of rotatable bonds is 2. The second-order valence-corrected chi connectivity index (χ2v) is 7.75. The lowest BCUT2D eigenvalue weighted by Gasteiger charge is -2.34. The van der Waals surface area contributed by atoms with Crippen LogP contribution in [0.15, 0.2) is 33.6 Å². The van der Waals surface area contributed by atoms with Crippen molar-refractivity contribution in [3.8, 4) is 0 Å². The van der Waals surface area contributed by atoms with Gasteiger partial charge < -0.3 is 9.80 Å². The first-order valence-electron chi connectivity index (χ1n) is 7.85. The molecule has 124 valence electrons. The molecule has 1 amide bonds. The third-order valence-electron chi connectivity index (χ3n) is 4.47. The van der Waals surface area contributed by atoms with Crippen LogP contribution >= 0.6 is 0 Å². The van der Waals surface area contributed by atoms with E-state index in [1.54, 1.807) is 36.2 Å². The van der Waals surface area contributed by atoms with Crippen LogP contribution < -0.4 is 0 Å². The van der Waals surface area contributed by atoms with Gasteiger partial charge in [0, 0.05) is 25.2 Å². The molecule has 3 rings (SSSR count). The Morgan fingerprint density at radius 3 is 2.83 bits per heavy atom. The highest BCUT2D eigenvalue weighted by Gasteiger charge is 2.32. The Morgan fingerprint density at radius 1 is 1.35 bits per heavy atom. The summed E-state index contributed by atoms with van der Waals surface area (Å²) in [5.74, 6) is 0.364. The van der Waals surface area contributed by atoms with Gasteiger partial charge in [0.25, 0.3) is 10.0 Å². The molecule has 0 spiro atoms. The van der Waals surface area contributed by atoms with Crippen molar-refractivity contribution in [3.05, 3.63) is 29.8 Å². The molecule has 0 unspecified atom stereocenters. The molecule has 23 heavy (non-hydrogen) atoms. The predicted molar refractivity (Wildman–Crippen MR) is 87.8 cm³/mol. The largest absolute Gasteiger partial charge is 0.349 e. The number of amides is 1. The molecule has 1 aromatic carbocycles. The Morgan fingerprint density at radius 2 is 2.09 bits per heavy atom. The number of amidine groups is 1. The van der Waals surface area contributed by atoms with Crippen molar-refractivity contribution in [2.24, 2.45) is 4.40 Å². The fourth-order valence-corrected chi connectivity index (χ4v) is 4.45.